The van der Waals surface area contributed by atoms with Crippen LogP contribution in [0.5, 0.6) is 0 Å². The van der Waals surface area contributed by atoms with Crippen LogP contribution in [0.3, 0.4) is 0 Å². The maximum atomic E-state index is 11.6. The summed E-state index contributed by atoms with van der Waals surface area (Å²) in [6, 6.07) is 14.1. The van der Waals surface area contributed by atoms with Gasteiger partial charge in [-0.25, -0.2) is 0 Å². The highest BCUT2D eigenvalue weighted by molar-refractivity contribution is 5.92. The van der Waals surface area contributed by atoms with E-state index >= 15 is 0 Å². The number of nitrogens with zero attached hydrogens (tertiary/aromatic N) is 2. The van der Waals surface area contributed by atoms with Gasteiger partial charge in [0.15, 0.2) is 0 Å². The zero-order chi connectivity index (χ0) is 17.2. The molecule has 3 aromatic rings. The summed E-state index contributed by atoms with van der Waals surface area (Å²) in [6.45, 7) is 2.31. The van der Waals surface area contributed by atoms with E-state index in [2.05, 4.69) is 22.4 Å². The summed E-state index contributed by atoms with van der Waals surface area (Å²) in [6.07, 6.45) is 2.44. The Morgan fingerprint density at radius 3 is 2.96 bits per heavy atom. The number of hydrogen-bond acceptors (Lipinski definition) is 4. The molecule has 4 rings (SSSR count). The van der Waals surface area contributed by atoms with Gasteiger partial charge < -0.3 is 14.6 Å². The Morgan fingerprint density at radius 2 is 2.12 bits per heavy atom. The van der Waals surface area contributed by atoms with Crippen molar-refractivity contribution in [3.8, 4) is 11.3 Å². The Balaban J connectivity index is 1.43. The lowest BCUT2D eigenvalue weighted by atomic mass is 10.1. The number of aromatic nitrogens is 1. The highest BCUT2D eigenvalue weighted by Crippen LogP contribution is 2.28. The average Bonchev–Trinajstić information content (AvgIpc) is 3.21. The number of carbonyl (C=O) groups is 1. The number of hydrogen-bond donors (Lipinski definition) is 1. The summed E-state index contributed by atoms with van der Waals surface area (Å²) in [4.78, 5) is 17.8. The molecule has 1 aliphatic heterocycles. The first-order chi connectivity index (χ1) is 12.2. The highest BCUT2D eigenvalue weighted by atomic mass is 16.3. The molecule has 128 valence electrons. The molecule has 1 amide bonds. The van der Waals surface area contributed by atoms with Crippen molar-refractivity contribution >= 4 is 16.8 Å². The summed E-state index contributed by atoms with van der Waals surface area (Å²) in [5, 5.41) is 4.50. The largest absolute Gasteiger partial charge is 0.460 e. The Kier molecular flexibility index (Phi) is 4.24. The van der Waals surface area contributed by atoms with E-state index in [-0.39, 0.29) is 5.91 Å². The van der Waals surface area contributed by atoms with Crippen molar-refractivity contribution in [2.24, 2.45) is 5.92 Å². The number of rotatable bonds is 5. The van der Waals surface area contributed by atoms with Gasteiger partial charge in [-0.15, -0.1) is 0 Å². The van der Waals surface area contributed by atoms with Crippen LogP contribution in [0.15, 0.2) is 53.1 Å². The van der Waals surface area contributed by atoms with E-state index < -0.39 is 0 Å². The van der Waals surface area contributed by atoms with Crippen LogP contribution in [-0.4, -0.2) is 35.9 Å². The molecule has 1 fully saturated rings. The first kappa shape index (κ1) is 15.8. The molecule has 2 aromatic heterocycles. The molecule has 5 nitrogen and oxygen atoms in total. The van der Waals surface area contributed by atoms with Gasteiger partial charge in [0.1, 0.15) is 11.5 Å². The van der Waals surface area contributed by atoms with Gasteiger partial charge in [0.2, 0.25) is 5.91 Å². The molecule has 1 aliphatic rings. The third-order valence-corrected chi connectivity index (χ3v) is 4.71. The van der Waals surface area contributed by atoms with Gasteiger partial charge in [0.05, 0.1) is 12.1 Å². The molecule has 0 bridgehead atoms. The van der Waals surface area contributed by atoms with Gasteiger partial charge in [-0.2, -0.15) is 0 Å². The lowest BCUT2D eigenvalue weighted by Crippen LogP contribution is -2.24. The zero-order valence-electron chi connectivity index (χ0n) is 14.2. The molecule has 1 N–H and O–H groups in total. The number of para-hydroxylation sites is 1. The second-order valence-corrected chi connectivity index (χ2v) is 6.62. The first-order valence-corrected chi connectivity index (χ1v) is 8.58. The van der Waals surface area contributed by atoms with Gasteiger partial charge in [-0.1, -0.05) is 18.2 Å². The fraction of sp³-hybridized carbons (Fsp3) is 0.300. The molecule has 0 spiro atoms. The number of furan rings is 1. The second-order valence-electron chi connectivity index (χ2n) is 6.62. The maximum Gasteiger partial charge on any atom is 0.222 e. The maximum absolute atomic E-state index is 11.6. The number of carbonyl (C=O) groups excluding carboxylic acids is 1. The van der Waals surface area contributed by atoms with Crippen LogP contribution in [-0.2, 0) is 11.3 Å². The van der Waals surface area contributed by atoms with Crippen molar-refractivity contribution in [2.75, 3.05) is 20.1 Å². The van der Waals surface area contributed by atoms with Crippen LogP contribution in [0.25, 0.3) is 22.2 Å². The Morgan fingerprint density at radius 1 is 1.24 bits per heavy atom. The van der Waals surface area contributed by atoms with E-state index in [0.717, 1.165) is 41.1 Å². The van der Waals surface area contributed by atoms with E-state index in [4.69, 9.17) is 4.42 Å². The molecular formula is C20H21N3O2. The highest BCUT2D eigenvalue weighted by Gasteiger charge is 2.26. The normalized spacial score (nSPS) is 17.6. The molecule has 1 saturated heterocycles. The van der Waals surface area contributed by atoms with Crippen LogP contribution in [0.2, 0.25) is 0 Å². The Bertz CT molecular complexity index is 897. The predicted octanol–water partition coefficient (Wildman–Crippen LogP) is 3.06. The molecule has 5 heteroatoms. The summed E-state index contributed by atoms with van der Waals surface area (Å²) >= 11 is 0. The third kappa shape index (κ3) is 3.28. The quantitative estimate of drug-likeness (QED) is 0.778. The lowest BCUT2D eigenvalue weighted by molar-refractivity contribution is -0.126. The molecule has 0 radical (unpaired) electrons. The van der Waals surface area contributed by atoms with E-state index in [1.54, 1.807) is 11.1 Å². The van der Waals surface area contributed by atoms with E-state index in [9.17, 15) is 4.79 Å². The van der Waals surface area contributed by atoms with Crippen molar-refractivity contribution in [1.82, 2.24) is 15.2 Å². The van der Waals surface area contributed by atoms with Crippen molar-refractivity contribution in [2.45, 2.75) is 13.0 Å². The number of nitrogens with one attached hydrogen (secondary N) is 1. The van der Waals surface area contributed by atoms with Crippen LogP contribution in [0, 0.1) is 5.92 Å². The number of benzene rings is 1. The Labute approximate surface area is 146 Å². The van der Waals surface area contributed by atoms with Crippen molar-refractivity contribution in [3.63, 3.8) is 0 Å². The van der Waals surface area contributed by atoms with E-state index in [0.29, 0.717) is 18.9 Å². The Hall–Kier alpha value is -2.66. The van der Waals surface area contributed by atoms with Crippen LogP contribution < -0.4 is 5.32 Å². The fourth-order valence-electron chi connectivity index (χ4n) is 3.41. The molecule has 1 atom stereocenters. The molecule has 1 aromatic carbocycles. The minimum atomic E-state index is 0.232. The molecule has 1 unspecified atom stereocenters. The number of amides is 1. The summed E-state index contributed by atoms with van der Waals surface area (Å²) in [5.41, 5.74) is 1.96. The number of fused-ring (bicyclic) bond motifs is 1. The van der Waals surface area contributed by atoms with E-state index in [1.807, 2.05) is 37.4 Å². The van der Waals surface area contributed by atoms with Gasteiger partial charge in [0, 0.05) is 43.7 Å². The van der Waals surface area contributed by atoms with Crippen molar-refractivity contribution in [1.29, 1.82) is 0 Å². The SMILES string of the molecule is CN1CC(CNCc2ccc(-c3cccc4cccnc34)o2)CC1=O. The molecule has 3 heterocycles. The van der Waals surface area contributed by atoms with Gasteiger partial charge in [-0.3, -0.25) is 9.78 Å². The van der Waals surface area contributed by atoms with Crippen LogP contribution in [0.4, 0.5) is 0 Å². The third-order valence-electron chi connectivity index (χ3n) is 4.71. The fourth-order valence-corrected chi connectivity index (χ4v) is 3.41. The smallest absolute Gasteiger partial charge is 0.222 e. The minimum absolute atomic E-state index is 0.232. The second kappa shape index (κ2) is 6.69. The van der Waals surface area contributed by atoms with Crippen LogP contribution >= 0.6 is 0 Å². The standard InChI is InChI=1S/C20H21N3O2/c1-23-13-14(10-19(23)24)11-21-12-16-7-8-18(25-16)17-6-2-4-15-5-3-9-22-20(15)17/h2-9,14,21H,10-13H2,1H3. The molecule has 0 aliphatic carbocycles. The lowest BCUT2D eigenvalue weighted by Gasteiger charge is -2.10. The molecule has 0 saturated carbocycles. The van der Waals surface area contributed by atoms with E-state index in [1.165, 1.54) is 0 Å². The van der Waals surface area contributed by atoms with Gasteiger partial charge in [0.25, 0.3) is 0 Å². The summed E-state index contributed by atoms with van der Waals surface area (Å²) in [7, 11) is 1.86. The monoisotopic (exact) mass is 335 g/mol. The predicted molar refractivity (Wildman–Crippen MR) is 96.9 cm³/mol. The van der Waals surface area contributed by atoms with Gasteiger partial charge in [-0.05, 0) is 30.2 Å². The van der Waals surface area contributed by atoms with Crippen LogP contribution in [0.1, 0.15) is 12.2 Å². The topological polar surface area (TPSA) is 58.4 Å². The summed E-state index contributed by atoms with van der Waals surface area (Å²) in [5.74, 6) is 2.34. The zero-order valence-corrected chi connectivity index (χ0v) is 14.2. The van der Waals surface area contributed by atoms with Crippen molar-refractivity contribution in [3.05, 3.63) is 54.4 Å². The summed E-state index contributed by atoms with van der Waals surface area (Å²) < 4.78 is 6.00. The molecular weight excluding hydrogens is 314 g/mol. The minimum Gasteiger partial charge on any atom is -0.460 e. The van der Waals surface area contributed by atoms with Crippen molar-refractivity contribution < 1.29 is 9.21 Å². The van der Waals surface area contributed by atoms with Gasteiger partial charge >= 0.3 is 0 Å². The first-order valence-electron chi connectivity index (χ1n) is 8.58. The number of pyridine rings is 1. The average molecular weight is 335 g/mol. The molecule has 25 heavy (non-hydrogen) atoms. The number of likely N-dealkylation sites (tertiary alicyclic amines) is 1.